The van der Waals surface area contributed by atoms with Gasteiger partial charge in [-0.3, -0.25) is 4.79 Å². The highest BCUT2D eigenvalue weighted by Crippen LogP contribution is 2.29. The van der Waals surface area contributed by atoms with Crippen LogP contribution >= 0.6 is 0 Å². The molecular weight excluding hydrogens is 371 g/mol. The smallest absolute Gasteiger partial charge is 0.324 e. The van der Waals surface area contributed by atoms with Crippen molar-refractivity contribution in [1.82, 2.24) is 14.5 Å². The molecule has 0 aliphatic carbocycles. The molecule has 3 aromatic rings. The zero-order valence-electron chi connectivity index (χ0n) is 17.1. The molecule has 1 atom stereocenters. The Morgan fingerprint density at radius 2 is 2.03 bits per heavy atom. The number of pyridine rings is 1. The van der Waals surface area contributed by atoms with Crippen LogP contribution in [0, 0.1) is 12.7 Å². The summed E-state index contributed by atoms with van der Waals surface area (Å²) < 4.78 is 21.4. The van der Waals surface area contributed by atoms with Crippen molar-refractivity contribution in [2.45, 2.75) is 39.7 Å². The number of benzene rings is 1. The van der Waals surface area contributed by atoms with Crippen LogP contribution in [0.1, 0.15) is 32.3 Å². The summed E-state index contributed by atoms with van der Waals surface area (Å²) >= 11 is 0. The Morgan fingerprint density at radius 1 is 1.24 bits per heavy atom. The molecule has 1 N–H and O–H groups in total. The van der Waals surface area contributed by atoms with E-state index in [1.165, 1.54) is 16.7 Å². The van der Waals surface area contributed by atoms with E-state index < -0.39 is 5.82 Å². The number of para-hydroxylation sites is 1. The first-order chi connectivity index (χ1) is 13.9. The second-order valence-corrected chi connectivity index (χ2v) is 7.11. The number of halogens is 1. The molecule has 29 heavy (non-hydrogen) atoms. The molecule has 2 heterocycles. The summed E-state index contributed by atoms with van der Waals surface area (Å²) in [5.41, 5.74) is 1.84. The molecule has 0 radical (unpaired) electrons. The Hall–Kier alpha value is -3.22. The zero-order chi connectivity index (χ0) is 21.0. The highest BCUT2D eigenvalue weighted by molar-refractivity contribution is 5.62. The Bertz CT molecular complexity index is 1040. The molecule has 2 aromatic heterocycles. The van der Waals surface area contributed by atoms with Gasteiger partial charge >= 0.3 is 6.01 Å². The second kappa shape index (κ2) is 8.86. The van der Waals surface area contributed by atoms with Gasteiger partial charge in [-0.2, -0.15) is 9.97 Å². The third kappa shape index (κ3) is 4.99. The first-order valence-electron chi connectivity index (χ1n) is 9.63. The van der Waals surface area contributed by atoms with Crippen LogP contribution < -0.4 is 15.6 Å². The first-order valence-corrected chi connectivity index (χ1v) is 9.63. The highest BCUT2D eigenvalue weighted by atomic mass is 19.1. The lowest BCUT2D eigenvalue weighted by Crippen LogP contribution is -2.16. The molecule has 0 aliphatic heterocycles. The SMILES string of the molecule is CCC[C@@H](C)Nc1cc(-c2ccc(=O)n(C)c2)nc(Oc2c(C)cccc2F)n1. The Kier molecular flexibility index (Phi) is 6.26. The molecule has 0 saturated carbocycles. The van der Waals surface area contributed by atoms with Crippen LogP contribution in [0.2, 0.25) is 0 Å². The fourth-order valence-corrected chi connectivity index (χ4v) is 3.03. The number of rotatable bonds is 7. The summed E-state index contributed by atoms with van der Waals surface area (Å²) in [7, 11) is 1.68. The molecule has 0 aliphatic rings. The van der Waals surface area contributed by atoms with Crippen LogP contribution in [0.15, 0.2) is 47.4 Å². The van der Waals surface area contributed by atoms with Gasteiger partial charge in [0, 0.05) is 37.0 Å². The maximum Gasteiger partial charge on any atom is 0.324 e. The minimum atomic E-state index is -0.477. The molecule has 0 saturated heterocycles. The van der Waals surface area contributed by atoms with E-state index in [1.54, 1.807) is 44.4 Å². The lowest BCUT2D eigenvalue weighted by Gasteiger charge is -2.16. The van der Waals surface area contributed by atoms with Gasteiger partial charge in [0.2, 0.25) is 5.56 Å². The van der Waals surface area contributed by atoms with Gasteiger partial charge in [-0.25, -0.2) is 4.39 Å². The van der Waals surface area contributed by atoms with Crippen molar-refractivity contribution >= 4 is 5.82 Å². The summed E-state index contributed by atoms with van der Waals surface area (Å²) in [6.07, 6.45) is 3.70. The predicted molar refractivity (Wildman–Crippen MR) is 112 cm³/mol. The molecule has 1 aromatic carbocycles. The number of anilines is 1. The number of aryl methyl sites for hydroxylation is 2. The van der Waals surface area contributed by atoms with E-state index >= 15 is 0 Å². The molecule has 3 rings (SSSR count). The van der Waals surface area contributed by atoms with E-state index in [9.17, 15) is 9.18 Å². The van der Waals surface area contributed by atoms with Gasteiger partial charge in [0.1, 0.15) is 5.82 Å². The van der Waals surface area contributed by atoms with Gasteiger partial charge < -0.3 is 14.6 Å². The average molecular weight is 396 g/mol. The standard InChI is InChI=1S/C22H25FN4O2/c1-5-7-15(3)24-19-12-18(16-10-11-20(28)27(4)13-16)25-22(26-19)29-21-14(2)8-6-9-17(21)23/h6,8-13,15H,5,7H2,1-4H3,(H,24,25,26)/t15-/m1/s1. The Balaban J connectivity index is 2.04. The number of hydrogen-bond donors (Lipinski definition) is 1. The summed E-state index contributed by atoms with van der Waals surface area (Å²) in [4.78, 5) is 20.6. The third-order valence-corrected chi connectivity index (χ3v) is 4.56. The van der Waals surface area contributed by atoms with Gasteiger partial charge in [-0.05, 0) is 38.0 Å². The molecule has 152 valence electrons. The quantitative estimate of drug-likeness (QED) is 0.628. The fourth-order valence-electron chi connectivity index (χ4n) is 3.03. The number of aromatic nitrogens is 3. The molecule has 0 bridgehead atoms. The number of ether oxygens (including phenoxy) is 1. The first kappa shape index (κ1) is 20.5. The van der Waals surface area contributed by atoms with Crippen molar-refractivity contribution in [3.05, 3.63) is 64.3 Å². The molecule has 0 amide bonds. The van der Waals surface area contributed by atoms with Crippen molar-refractivity contribution in [2.24, 2.45) is 7.05 Å². The molecular formula is C22H25FN4O2. The Morgan fingerprint density at radius 3 is 2.72 bits per heavy atom. The van der Waals surface area contributed by atoms with Crippen LogP contribution in [0.5, 0.6) is 11.8 Å². The Labute approximate surface area is 169 Å². The molecule has 6 nitrogen and oxygen atoms in total. The summed E-state index contributed by atoms with van der Waals surface area (Å²) in [5.74, 6) is 0.196. The molecule has 0 unspecified atom stereocenters. The molecule has 0 fully saturated rings. The van der Waals surface area contributed by atoms with Crippen molar-refractivity contribution in [3.63, 3.8) is 0 Å². The van der Waals surface area contributed by atoms with Crippen molar-refractivity contribution < 1.29 is 9.13 Å². The van der Waals surface area contributed by atoms with Gasteiger partial charge in [-0.15, -0.1) is 0 Å². The number of nitrogens with one attached hydrogen (secondary N) is 1. The van der Waals surface area contributed by atoms with Crippen LogP contribution in [0.3, 0.4) is 0 Å². The highest BCUT2D eigenvalue weighted by Gasteiger charge is 2.14. The molecule has 7 heteroatoms. The van der Waals surface area contributed by atoms with E-state index in [0.29, 0.717) is 17.1 Å². The van der Waals surface area contributed by atoms with Crippen molar-refractivity contribution in [2.75, 3.05) is 5.32 Å². The maximum atomic E-state index is 14.2. The van der Waals surface area contributed by atoms with Gasteiger partial charge in [-0.1, -0.05) is 25.5 Å². The van der Waals surface area contributed by atoms with E-state index in [1.807, 2.05) is 0 Å². The van der Waals surface area contributed by atoms with Crippen LogP contribution in [-0.4, -0.2) is 20.6 Å². The minimum absolute atomic E-state index is 0.0377. The predicted octanol–water partition coefficient (Wildman–Crippen LogP) is 4.68. The normalized spacial score (nSPS) is 11.9. The van der Waals surface area contributed by atoms with E-state index in [-0.39, 0.29) is 23.4 Å². The third-order valence-electron chi connectivity index (χ3n) is 4.56. The molecule has 0 spiro atoms. The van der Waals surface area contributed by atoms with Gasteiger partial charge in [0.05, 0.1) is 5.69 Å². The number of nitrogens with zero attached hydrogens (tertiary/aromatic N) is 3. The van der Waals surface area contributed by atoms with Crippen LogP contribution in [0.4, 0.5) is 10.2 Å². The van der Waals surface area contributed by atoms with Gasteiger partial charge in [0.25, 0.3) is 0 Å². The van der Waals surface area contributed by atoms with Gasteiger partial charge in [0.15, 0.2) is 11.6 Å². The lowest BCUT2D eigenvalue weighted by atomic mass is 10.2. The maximum absolute atomic E-state index is 14.2. The second-order valence-electron chi connectivity index (χ2n) is 7.11. The monoisotopic (exact) mass is 396 g/mol. The van der Waals surface area contributed by atoms with Crippen LogP contribution in [-0.2, 0) is 7.05 Å². The van der Waals surface area contributed by atoms with E-state index in [4.69, 9.17) is 4.74 Å². The van der Waals surface area contributed by atoms with Crippen LogP contribution in [0.25, 0.3) is 11.3 Å². The summed E-state index contributed by atoms with van der Waals surface area (Å²) in [5, 5.41) is 3.34. The zero-order valence-corrected chi connectivity index (χ0v) is 17.1. The lowest BCUT2D eigenvalue weighted by molar-refractivity contribution is 0.409. The minimum Gasteiger partial charge on any atom is -0.421 e. The van der Waals surface area contributed by atoms with Crippen molar-refractivity contribution in [3.8, 4) is 23.0 Å². The topological polar surface area (TPSA) is 69.0 Å². The van der Waals surface area contributed by atoms with E-state index in [2.05, 4.69) is 29.1 Å². The fraction of sp³-hybridized carbons (Fsp3) is 0.318. The van der Waals surface area contributed by atoms with E-state index in [0.717, 1.165) is 18.4 Å². The average Bonchev–Trinajstić information content (AvgIpc) is 2.67. The summed E-state index contributed by atoms with van der Waals surface area (Å²) in [6, 6.07) is 9.93. The summed E-state index contributed by atoms with van der Waals surface area (Å²) in [6.45, 7) is 5.94. The largest absolute Gasteiger partial charge is 0.421 e. The van der Waals surface area contributed by atoms with Crippen molar-refractivity contribution in [1.29, 1.82) is 0 Å². The number of hydrogen-bond acceptors (Lipinski definition) is 5.